The Bertz CT molecular complexity index is 845. The van der Waals surface area contributed by atoms with Gasteiger partial charge in [0.1, 0.15) is 5.82 Å². The van der Waals surface area contributed by atoms with E-state index >= 15 is 0 Å². The van der Waals surface area contributed by atoms with E-state index in [4.69, 9.17) is 10.2 Å². The first-order chi connectivity index (χ1) is 12.0. The van der Waals surface area contributed by atoms with Crippen molar-refractivity contribution in [2.24, 2.45) is 0 Å². The largest absolute Gasteiger partial charge is 0.461 e. The van der Waals surface area contributed by atoms with Gasteiger partial charge in [-0.1, -0.05) is 11.8 Å². The van der Waals surface area contributed by atoms with E-state index in [-0.39, 0.29) is 11.2 Å². The van der Waals surface area contributed by atoms with Crippen LogP contribution in [0.1, 0.15) is 24.9 Å². The molecular weight excluding hydrogens is 340 g/mol. The highest BCUT2D eigenvalue weighted by atomic mass is 32.2. The average Bonchev–Trinajstić information content (AvgIpc) is 3.23. The summed E-state index contributed by atoms with van der Waals surface area (Å²) in [6.07, 6.45) is 1.62. The minimum absolute atomic E-state index is 0.0667. The molecule has 0 unspecified atom stereocenters. The number of aromatic nitrogens is 6. The number of nitrogens with two attached hydrogens (primary N) is 1. The van der Waals surface area contributed by atoms with Crippen LogP contribution >= 0.6 is 11.8 Å². The van der Waals surface area contributed by atoms with Gasteiger partial charge in [-0.3, -0.25) is 4.57 Å². The molecule has 0 aliphatic rings. The van der Waals surface area contributed by atoms with Crippen molar-refractivity contribution in [2.45, 2.75) is 30.8 Å². The molecule has 132 valence electrons. The molecular formula is C15H20N8OS. The highest BCUT2D eigenvalue weighted by molar-refractivity contribution is 7.99. The summed E-state index contributed by atoms with van der Waals surface area (Å²) in [6, 6.07) is 3.69. The maximum atomic E-state index is 5.81. The fourth-order valence-corrected chi connectivity index (χ4v) is 3.20. The summed E-state index contributed by atoms with van der Waals surface area (Å²) in [5.74, 6) is 2.73. The molecule has 3 heterocycles. The van der Waals surface area contributed by atoms with E-state index in [9.17, 15) is 0 Å². The van der Waals surface area contributed by atoms with Crippen LogP contribution in [0.25, 0.3) is 11.6 Å². The summed E-state index contributed by atoms with van der Waals surface area (Å²) in [5, 5.41) is 9.25. The van der Waals surface area contributed by atoms with Crippen molar-refractivity contribution in [1.82, 2.24) is 29.7 Å². The molecule has 2 N–H and O–H groups in total. The number of anilines is 2. The van der Waals surface area contributed by atoms with Crippen LogP contribution in [0.4, 0.5) is 11.9 Å². The van der Waals surface area contributed by atoms with Crippen LogP contribution in [0.5, 0.6) is 0 Å². The van der Waals surface area contributed by atoms with Crippen LogP contribution in [0.15, 0.2) is 28.0 Å². The zero-order chi connectivity index (χ0) is 18.0. The first-order valence-electron chi connectivity index (χ1n) is 7.82. The van der Waals surface area contributed by atoms with E-state index < -0.39 is 0 Å². The summed E-state index contributed by atoms with van der Waals surface area (Å²) in [4.78, 5) is 14.6. The maximum absolute atomic E-state index is 5.81. The third-order valence-corrected chi connectivity index (χ3v) is 4.56. The number of nitrogens with zero attached hydrogens (tertiary/aromatic N) is 7. The van der Waals surface area contributed by atoms with Gasteiger partial charge in [0.2, 0.25) is 11.9 Å². The van der Waals surface area contributed by atoms with E-state index in [2.05, 4.69) is 25.1 Å². The topological polar surface area (TPSA) is 112 Å². The molecule has 0 bridgehead atoms. The lowest BCUT2D eigenvalue weighted by atomic mass is 10.4. The second-order valence-corrected chi connectivity index (χ2v) is 6.84. The zero-order valence-corrected chi connectivity index (χ0v) is 15.4. The quantitative estimate of drug-likeness (QED) is 0.661. The number of nitrogen functional groups attached to an aromatic ring is 1. The van der Waals surface area contributed by atoms with Gasteiger partial charge in [0.05, 0.1) is 11.5 Å². The molecule has 0 aliphatic carbocycles. The number of rotatable bonds is 6. The SMILES string of the molecule is CCn1c(S[C@H](C)c2nc(N)nc(N(C)C)n2)nnc1-c1ccco1. The third kappa shape index (κ3) is 3.58. The second kappa shape index (κ2) is 7.09. The van der Waals surface area contributed by atoms with Gasteiger partial charge < -0.3 is 15.1 Å². The van der Waals surface area contributed by atoms with Crippen LogP contribution in [-0.2, 0) is 6.54 Å². The molecule has 0 saturated heterocycles. The summed E-state index contributed by atoms with van der Waals surface area (Å²) < 4.78 is 7.43. The molecule has 3 rings (SSSR count). The van der Waals surface area contributed by atoms with Crippen LogP contribution in [0.2, 0.25) is 0 Å². The predicted molar refractivity (Wildman–Crippen MR) is 96.2 cm³/mol. The molecule has 0 aliphatic heterocycles. The minimum atomic E-state index is -0.0667. The molecule has 0 saturated carbocycles. The van der Waals surface area contributed by atoms with Gasteiger partial charge in [-0.15, -0.1) is 10.2 Å². The van der Waals surface area contributed by atoms with Gasteiger partial charge in [0.15, 0.2) is 16.7 Å². The summed E-state index contributed by atoms with van der Waals surface area (Å²) in [5.41, 5.74) is 5.81. The van der Waals surface area contributed by atoms with E-state index in [1.165, 1.54) is 11.8 Å². The smallest absolute Gasteiger partial charge is 0.229 e. The summed E-state index contributed by atoms with van der Waals surface area (Å²) in [7, 11) is 3.72. The second-order valence-electron chi connectivity index (χ2n) is 5.53. The third-order valence-electron chi connectivity index (χ3n) is 3.48. The normalized spacial score (nSPS) is 12.3. The maximum Gasteiger partial charge on any atom is 0.229 e. The molecule has 1 atom stereocenters. The Morgan fingerprint density at radius 2 is 2.08 bits per heavy atom. The van der Waals surface area contributed by atoms with Gasteiger partial charge >= 0.3 is 0 Å². The van der Waals surface area contributed by atoms with Gasteiger partial charge in [-0.2, -0.15) is 15.0 Å². The molecule has 0 fully saturated rings. The van der Waals surface area contributed by atoms with Crippen molar-refractivity contribution >= 4 is 23.7 Å². The van der Waals surface area contributed by atoms with Crippen molar-refractivity contribution in [3.05, 3.63) is 24.2 Å². The Balaban J connectivity index is 1.88. The van der Waals surface area contributed by atoms with E-state index in [1.54, 1.807) is 11.2 Å². The number of hydrogen-bond acceptors (Lipinski definition) is 9. The Hall–Kier alpha value is -2.62. The van der Waals surface area contributed by atoms with Crippen molar-refractivity contribution in [1.29, 1.82) is 0 Å². The van der Waals surface area contributed by atoms with Crippen molar-refractivity contribution in [3.8, 4) is 11.6 Å². The lowest BCUT2D eigenvalue weighted by molar-refractivity contribution is 0.567. The number of furan rings is 1. The Morgan fingerprint density at radius 3 is 2.72 bits per heavy atom. The highest BCUT2D eigenvalue weighted by Crippen LogP contribution is 2.34. The van der Waals surface area contributed by atoms with Gasteiger partial charge in [0, 0.05) is 20.6 Å². The predicted octanol–water partition coefficient (Wildman–Crippen LogP) is 2.24. The molecule has 10 heteroatoms. The Morgan fingerprint density at radius 1 is 1.28 bits per heavy atom. The van der Waals surface area contributed by atoms with Crippen LogP contribution < -0.4 is 10.6 Å². The first kappa shape index (κ1) is 17.2. The fraction of sp³-hybridized carbons (Fsp3) is 0.400. The Kier molecular flexibility index (Phi) is 4.88. The monoisotopic (exact) mass is 360 g/mol. The minimum Gasteiger partial charge on any atom is -0.461 e. The van der Waals surface area contributed by atoms with Crippen molar-refractivity contribution < 1.29 is 4.42 Å². The van der Waals surface area contributed by atoms with E-state index in [0.29, 0.717) is 23.4 Å². The highest BCUT2D eigenvalue weighted by Gasteiger charge is 2.20. The first-order valence-corrected chi connectivity index (χ1v) is 8.70. The summed E-state index contributed by atoms with van der Waals surface area (Å²) >= 11 is 1.52. The lowest BCUT2D eigenvalue weighted by Gasteiger charge is -2.14. The van der Waals surface area contributed by atoms with E-state index in [1.807, 2.05) is 44.6 Å². The molecule has 0 radical (unpaired) electrons. The molecule has 3 aromatic heterocycles. The van der Waals surface area contributed by atoms with Gasteiger partial charge in [0.25, 0.3) is 0 Å². The zero-order valence-electron chi connectivity index (χ0n) is 14.5. The van der Waals surface area contributed by atoms with Crippen molar-refractivity contribution in [2.75, 3.05) is 24.7 Å². The molecule has 3 aromatic rings. The standard InChI is InChI=1S/C15H20N8OS/c1-5-23-12(10-7-6-8-24-10)20-21-15(23)25-9(2)11-17-13(16)19-14(18-11)22(3)4/h6-9H,5H2,1-4H3,(H2,16,17,18,19)/t9-/m1/s1. The van der Waals surface area contributed by atoms with Gasteiger partial charge in [-0.05, 0) is 26.0 Å². The number of thioether (sulfide) groups is 1. The molecule has 9 nitrogen and oxygen atoms in total. The molecule has 0 spiro atoms. The lowest BCUT2D eigenvalue weighted by Crippen LogP contribution is -2.16. The molecule has 0 amide bonds. The van der Waals surface area contributed by atoms with E-state index in [0.717, 1.165) is 11.7 Å². The van der Waals surface area contributed by atoms with Crippen molar-refractivity contribution in [3.63, 3.8) is 0 Å². The summed E-state index contributed by atoms with van der Waals surface area (Å²) in [6.45, 7) is 4.76. The molecule has 0 aromatic carbocycles. The molecule has 25 heavy (non-hydrogen) atoms. The average molecular weight is 360 g/mol. The number of hydrogen-bond donors (Lipinski definition) is 1. The fourth-order valence-electron chi connectivity index (χ4n) is 2.24. The van der Waals surface area contributed by atoms with Crippen LogP contribution in [0, 0.1) is 0 Å². The Labute approximate surface area is 149 Å². The van der Waals surface area contributed by atoms with Crippen LogP contribution in [0.3, 0.4) is 0 Å². The van der Waals surface area contributed by atoms with Gasteiger partial charge in [-0.25, -0.2) is 0 Å². The van der Waals surface area contributed by atoms with Crippen LogP contribution in [-0.4, -0.2) is 43.8 Å².